The summed E-state index contributed by atoms with van der Waals surface area (Å²) in [5.74, 6) is 0.705. The monoisotopic (exact) mass is 331 g/mol. The van der Waals surface area contributed by atoms with Gasteiger partial charge in [-0.25, -0.2) is 8.42 Å². The zero-order valence-electron chi connectivity index (χ0n) is 13.8. The molecular weight excluding hydrogens is 310 g/mol. The van der Waals surface area contributed by atoms with Crippen LogP contribution in [0.4, 0.5) is 5.69 Å². The second-order valence-electron chi connectivity index (χ2n) is 6.00. The summed E-state index contributed by atoms with van der Waals surface area (Å²) >= 11 is 0. The van der Waals surface area contributed by atoms with Gasteiger partial charge < -0.3 is 4.74 Å². The number of sulfonamides is 1. The highest BCUT2D eigenvalue weighted by atomic mass is 32.2. The highest BCUT2D eigenvalue weighted by molar-refractivity contribution is 7.93. The first-order chi connectivity index (χ1) is 10.9. The number of anilines is 1. The highest BCUT2D eigenvalue weighted by Crippen LogP contribution is 2.38. The van der Waals surface area contributed by atoms with E-state index in [9.17, 15) is 8.42 Å². The van der Waals surface area contributed by atoms with Gasteiger partial charge in [-0.3, -0.25) is 4.31 Å². The molecule has 0 aliphatic carbocycles. The van der Waals surface area contributed by atoms with E-state index >= 15 is 0 Å². The number of hydrogen-bond donors (Lipinski definition) is 0. The summed E-state index contributed by atoms with van der Waals surface area (Å²) in [6, 6.07) is 11.0. The van der Waals surface area contributed by atoms with Crippen molar-refractivity contribution in [3.05, 3.63) is 53.1 Å². The minimum absolute atomic E-state index is 0.0841. The fourth-order valence-electron chi connectivity index (χ4n) is 3.28. The number of methoxy groups -OCH3 is 1. The zero-order chi connectivity index (χ0) is 16.8. The normalized spacial score (nSPS) is 17.2. The molecule has 1 heterocycles. The predicted molar refractivity (Wildman–Crippen MR) is 91.7 cm³/mol. The van der Waals surface area contributed by atoms with Crippen molar-refractivity contribution < 1.29 is 13.2 Å². The average Bonchev–Trinajstić information content (AvgIpc) is 2.86. The van der Waals surface area contributed by atoms with Crippen LogP contribution < -0.4 is 9.04 Å². The average molecular weight is 331 g/mol. The summed E-state index contributed by atoms with van der Waals surface area (Å²) in [5, 5.41) is 0. The maximum Gasteiger partial charge on any atom is 0.264 e. The van der Waals surface area contributed by atoms with Crippen LogP contribution in [0.25, 0.3) is 0 Å². The molecule has 2 aromatic carbocycles. The maximum absolute atomic E-state index is 13.3. The molecule has 0 unspecified atom stereocenters. The van der Waals surface area contributed by atoms with Crippen molar-refractivity contribution >= 4 is 15.7 Å². The molecule has 0 saturated heterocycles. The summed E-state index contributed by atoms with van der Waals surface area (Å²) in [6.45, 7) is 5.66. The van der Waals surface area contributed by atoms with Crippen molar-refractivity contribution in [1.82, 2.24) is 0 Å². The van der Waals surface area contributed by atoms with Crippen LogP contribution in [-0.2, 0) is 16.4 Å². The quantitative estimate of drug-likeness (QED) is 0.865. The number of rotatable bonds is 3. The predicted octanol–water partition coefficient (Wildman–Crippen LogP) is 3.45. The van der Waals surface area contributed by atoms with Crippen molar-refractivity contribution in [1.29, 1.82) is 0 Å². The molecule has 0 saturated carbocycles. The summed E-state index contributed by atoms with van der Waals surface area (Å²) in [7, 11) is -2.01. The van der Waals surface area contributed by atoms with Gasteiger partial charge in [0.2, 0.25) is 0 Å². The number of ether oxygens (including phenoxy) is 1. The summed E-state index contributed by atoms with van der Waals surface area (Å²) in [5.41, 5.74) is 3.45. The third-order valence-electron chi connectivity index (χ3n) is 4.59. The van der Waals surface area contributed by atoms with Gasteiger partial charge in [-0.1, -0.05) is 18.2 Å². The van der Waals surface area contributed by atoms with Crippen molar-refractivity contribution in [2.75, 3.05) is 11.4 Å². The topological polar surface area (TPSA) is 46.6 Å². The lowest BCUT2D eigenvalue weighted by molar-refractivity contribution is 0.410. The minimum atomic E-state index is -3.60. The molecule has 0 spiro atoms. The standard InChI is InChI=1S/C18H21NO3S/c1-12-11-15-7-5-6-8-16(15)19(12)23(20,21)18-10-9-17(22-4)13(2)14(18)3/h5-10,12H,11H2,1-4H3/t12-/m1/s1. The Kier molecular flexibility index (Phi) is 3.84. The van der Waals surface area contributed by atoms with Crippen LogP contribution in [0.2, 0.25) is 0 Å². The van der Waals surface area contributed by atoms with Crippen LogP contribution in [0.3, 0.4) is 0 Å². The summed E-state index contributed by atoms with van der Waals surface area (Å²) in [6.07, 6.45) is 0.740. The van der Waals surface area contributed by atoms with Gasteiger partial charge in [0.15, 0.2) is 0 Å². The van der Waals surface area contributed by atoms with E-state index in [2.05, 4.69) is 0 Å². The molecule has 3 rings (SSSR count). The third-order valence-corrected chi connectivity index (χ3v) is 6.66. The van der Waals surface area contributed by atoms with Gasteiger partial charge in [-0.05, 0) is 62.1 Å². The number of nitrogens with zero attached hydrogens (tertiary/aromatic N) is 1. The molecule has 23 heavy (non-hydrogen) atoms. The molecule has 0 bridgehead atoms. The first-order valence-corrected chi connectivity index (χ1v) is 9.08. The van der Waals surface area contributed by atoms with Crippen molar-refractivity contribution in [3.63, 3.8) is 0 Å². The largest absolute Gasteiger partial charge is 0.496 e. The Bertz CT molecular complexity index is 859. The van der Waals surface area contributed by atoms with Crippen LogP contribution in [-0.4, -0.2) is 21.6 Å². The highest BCUT2D eigenvalue weighted by Gasteiger charge is 2.36. The van der Waals surface area contributed by atoms with E-state index in [4.69, 9.17) is 4.74 Å². The van der Waals surface area contributed by atoms with Gasteiger partial charge in [0.05, 0.1) is 17.7 Å². The van der Waals surface area contributed by atoms with Crippen molar-refractivity contribution in [3.8, 4) is 5.75 Å². The molecule has 0 radical (unpaired) electrons. The minimum Gasteiger partial charge on any atom is -0.496 e. The molecular formula is C18H21NO3S. The smallest absolute Gasteiger partial charge is 0.264 e. The lowest BCUT2D eigenvalue weighted by Gasteiger charge is -2.26. The van der Waals surface area contributed by atoms with E-state index in [0.717, 1.165) is 28.8 Å². The Morgan fingerprint density at radius 1 is 1.09 bits per heavy atom. The Morgan fingerprint density at radius 3 is 2.48 bits per heavy atom. The van der Waals surface area contributed by atoms with Crippen molar-refractivity contribution in [2.45, 2.75) is 38.1 Å². The van der Waals surface area contributed by atoms with Crippen molar-refractivity contribution in [2.24, 2.45) is 0 Å². The molecule has 5 heteroatoms. The van der Waals surface area contributed by atoms with Crippen LogP contribution in [0.5, 0.6) is 5.75 Å². The molecule has 1 atom stereocenters. The molecule has 0 amide bonds. The SMILES string of the molecule is COc1ccc(S(=O)(=O)N2c3ccccc3C[C@H]2C)c(C)c1C. The number of benzene rings is 2. The van der Waals surface area contributed by atoms with E-state index in [1.54, 1.807) is 23.5 Å². The van der Waals surface area contributed by atoms with E-state index in [1.165, 1.54) is 0 Å². The molecule has 122 valence electrons. The van der Waals surface area contributed by atoms with Gasteiger partial charge in [0.1, 0.15) is 5.75 Å². The van der Waals surface area contributed by atoms with E-state index in [0.29, 0.717) is 10.6 Å². The zero-order valence-corrected chi connectivity index (χ0v) is 14.6. The van der Waals surface area contributed by atoms with Gasteiger partial charge in [-0.2, -0.15) is 0 Å². The Hall–Kier alpha value is -2.01. The van der Waals surface area contributed by atoms with E-state index in [-0.39, 0.29) is 6.04 Å². The van der Waals surface area contributed by atoms with Gasteiger partial charge in [0.25, 0.3) is 10.0 Å². The molecule has 1 aliphatic heterocycles. The summed E-state index contributed by atoms with van der Waals surface area (Å²) < 4.78 is 33.4. The van der Waals surface area contributed by atoms with Gasteiger partial charge in [0, 0.05) is 6.04 Å². The summed E-state index contributed by atoms with van der Waals surface area (Å²) in [4.78, 5) is 0.347. The molecule has 0 fully saturated rings. The molecule has 2 aromatic rings. The first kappa shape index (κ1) is 15.9. The number of hydrogen-bond acceptors (Lipinski definition) is 3. The second kappa shape index (κ2) is 5.57. The molecule has 0 aromatic heterocycles. The van der Waals surface area contributed by atoms with Gasteiger partial charge >= 0.3 is 0 Å². The third kappa shape index (κ3) is 2.39. The van der Waals surface area contributed by atoms with Crippen LogP contribution in [0, 0.1) is 13.8 Å². The second-order valence-corrected chi connectivity index (χ2v) is 7.78. The van der Waals surface area contributed by atoms with Crippen LogP contribution >= 0.6 is 0 Å². The Morgan fingerprint density at radius 2 is 1.78 bits per heavy atom. The Balaban J connectivity index is 2.15. The molecule has 1 aliphatic rings. The Labute approximate surface area is 137 Å². The molecule has 0 N–H and O–H groups in total. The van der Waals surface area contributed by atoms with E-state index < -0.39 is 10.0 Å². The number of para-hydroxylation sites is 1. The van der Waals surface area contributed by atoms with E-state index in [1.807, 2.05) is 45.0 Å². The van der Waals surface area contributed by atoms with Crippen LogP contribution in [0.15, 0.2) is 41.3 Å². The maximum atomic E-state index is 13.3. The fourth-order valence-corrected chi connectivity index (χ4v) is 5.26. The van der Waals surface area contributed by atoms with Gasteiger partial charge in [-0.15, -0.1) is 0 Å². The first-order valence-electron chi connectivity index (χ1n) is 7.64. The molecule has 4 nitrogen and oxygen atoms in total. The number of fused-ring (bicyclic) bond motifs is 1. The fraction of sp³-hybridized carbons (Fsp3) is 0.333. The lowest BCUT2D eigenvalue weighted by atomic mass is 10.1. The van der Waals surface area contributed by atoms with Crippen LogP contribution in [0.1, 0.15) is 23.6 Å². The lowest BCUT2D eigenvalue weighted by Crippen LogP contribution is -2.36.